The van der Waals surface area contributed by atoms with Gasteiger partial charge in [-0.2, -0.15) is 14.1 Å². The van der Waals surface area contributed by atoms with Crippen molar-refractivity contribution >= 4 is 33.2 Å². The standard InChI is InChI=1S/C26H29F2N5O4S2/c1-26(6-7-26)16-37-24-23(15-30-33(25(24)34)21-13-18(27)12-19(28)14-21)31-8-10-32(11-9-31)39(35,36)17-38-22-4-2-20(29)3-5-22/h2-5,12-15H,6-11,16-17,29H2,1H3. The Hall–Kier alpha value is -3.16. The number of nitrogens with zero attached hydrogens (tertiary/aromatic N) is 4. The van der Waals surface area contributed by atoms with Crippen LogP contribution in [0.5, 0.6) is 5.75 Å². The number of ether oxygens (including phenoxy) is 1. The summed E-state index contributed by atoms with van der Waals surface area (Å²) in [5.74, 6) is -1.64. The summed E-state index contributed by atoms with van der Waals surface area (Å²) in [4.78, 5) is 16.1. The second-order valence-electron chi connectivity index (χ2n) is 10.1. The molecule has 5 rings (SSSR count). The van der Waals surface area contributed by atoms with Crippen LogP contribution in [0.1, 0.15) is 19.8 Å². The van der Waals surface area contributed by atoms with Gasteiger partial charge in [0.15, 0.2) is 0 Å². The Morgan fingerprint density at radius 3 is 2.31 bits per heavy atom. The van der Waals surface area contributed by atoms with Gasteiger partial charge in [0.1, 0.15) is 22.4 Å². The molecule has 1 saturated carbocycles. The summed E-state index contributed by atoms with van der Waals surface area (Å²) in [6.45, 7) is 3.45. The number of nitrogens with two attached hydrogens (primary N) is 1. The predicted octanol–water partition coefficient (Wildman–Crippen LogP) is 3.47. The minimum absolute atomic E-state index is 0.0259. The summed E-state index contributed by atoms with van der Waals surface area (Å²) in [6, 6.07) is 9.78. The minimum Gasteiger partial charge on any atom is -0.486 e. The highest BCUT2D eigenvalue weighted by Crippen LogP contribution is 2.45. The van der Waals surface area contributed by atoms with Crippen LogP contribution in [0, 0.1) is 17.0 Å². The number of rotatable bonds is 9. The van der Waals surface area contributed by atoms with Gasteiger partial charge in [0.25, 0.3) is 0 Å². The topological polar surface area (TPSA) is 111 Å². The molecule has 39 heavy (non-hydrogen) atoms. The van der Waals surface area contributed by atoms with Crippen LogP contribution in [0.3, 0.4) is 0 Å². The van der Waals surface area contributed by atoms with Crippen molar-refractivity contribution in [3.63, 3.8) is 0 Å². The van der Waals surface area contributed by atoms with Crippen LogP contribution in [0.2, 0.25) is 0 Å². The van der Waals surface area contributed by atoms with E-state index in [4.69, 9.17) is 10.5 Å². The highest BCUT2D eigenvalue weighted by atomic mass is 32.3. The molecular weight excluding hydrogens is 548 g/mol. The van der Waals surface area contributed by atoms with Crippen LogP contribution in [-0.2, 0) is 10.0 Å². The van der Waals surface area contributed by atoms with Gasteiger partial charge in [-0.25, -0.2) is 17.2 Å². The normalized spacial score (nSPS) is 17.3. The number of piperazine rings is 1. The van der Waals surface area contributed by atoms with Gasteiger partial charge in [0.2, 0.25) is 15.8 Å². The molecule has 2 fully saturated rings. The fourth-order valence-electron chi connectivity index (χ4n) is 4.23. The molecule has 0 unspecified atom stereocenters. The van der Waals surface area contributed by atoms with Gasteiger partial charge in [0.05, 0.1) is 18.5 Å². The van der Waals surface area contributed by atoms with E-state index in [1.54, 1.807) is 24.3 Å². The van der Waals surface area contributed by atoms with Gasteiger partial charge >= 0.3 is 5.56 Å². The predicted molar refractivity (Wildman–Crippen MR) is 147 cm³/mol. The number of hydrogen-bond donors (Lipinski definition) is 1. The molecule has 0 atom stereocenters. The summed E-state index contributed by atoms with van der Waals surface area (Å²) in [7, 11) is -3.53. The van der Waals surface area contributed by atoms with Crippen molar-refractivity contribution in [3.05, 3.63) is 70.6 Å². The lowest BCUT2D eigenvalue weighted by atomic mass is 10.2. The number of thioether (sulfide) groups is 1. The fourth-order valence-corrected chi connectivity index (χ4v) is 7.01. The van der Waals surface area contributed by atoms with Crippen molar-refractivity contribution in [2.24, 2.45) is 5.41 Å². The van der Waals surface area contributed by atoms with E-state index in [0.717, 1.165) is 40.6 Å². The number of nitrogen functional groups attached to an aromatic ring is 1. The molecular formula is C26H29F2N5O4S2. The van der Waals surface area contributed by atoms with Crippen LogP contribution in [-0.4, -0.2) is 60.4 Å². The Morgan fingerprint density at radius 1 is 1.05 bits per heavy atom. The van der Waals surface area contributed by atoms with Crippen molar-refractivity contribution < 1.29 is 21.9 Å². The minimum atomic E-state index is -3.53. The second-order valence-corrected chi connectivity index (χ2v) is 13.5. The van der Waals surface area contributed by atoms with Crippen LogP contribution in [0.25, 0.3) is 5.69 Å². The maximum absolute atomic E-state index is 13.8. The molecule has 2 N–H and O–H groups in total. The molecule has 2 aromatic carbocycles. The summed E-state index contributed by atoms with van der Waals surface area (Å²) in [6.07, 6.45) is 3.37. The molecule has 0 bridgehead atoms. The van der Waals surface area contributed by atoms with E-state index < -0.39 is 27.2 Å². The first kappa shape index (κ1) is 27.4. The first-order chi connectivity index (χ1) is 18.5. The van der Waals surface area contributed by atoms with E-state index in [1.807, 2.05) is 4.90 Å². The number of hydrogen-bond acceptors (Lipinski definition) is 8. The average molecular weight is 578 g/mol. The zero-order valence-corrected chi connectivity index (χ0v) is 23.0. The van der Waals surface area contributed by atoms with Crippen LogP contribution < -0.4 is 20.9 Å². The average Bonchev–Trinajstić information content (AvgIpc) is 3.64. The molecule has 0 radical (unpaired) electrons. The van der Waals surface area contributed by atoms with E-state index in [0.29, 0.717) is 31.1 Å². The van der Waals surface area contributed by atoms with Gasteiger partial charge in [-0.3, -0.25) is 4.79 Å². The fraction of sp³-hybridized carbons (Fsp3) is 0.385. The molecule has 3 aromatic rings. The van der Waals surface area contributed by atoms with Crippen molar-refractivity contribution in [1.82, 2.24) is 14.1 Å². The van der Waals surface area contributed by atoms with Crippen molar-refractivity contribution in [2.75, 3.05) is 48.5 Å². The molecule has 1 aliphatic carbocycles. The molecule has 2 heterocycles. The van der Waals surface area contributed by atoms with Gasteiger partial charge in [-0.1, -0.05) is 6.92 Å². The Labute approximate surface area is 229 Å². The van der Waals surface area contributed by atoms with Gasteiger partial charge in [-0.05, 0) is 49.2 Å². The third-order valence-electron chi connectivity index (χ3n) is 6.90. The smallest absolute Gasteiger partial charge is 0.316 e. The lowest BCUT2D eigenvalue weighted by Crippen LogP contribution is -2.49. The Kier molecular flexibility index (Phi) is 7.57. The quantitative estimate of drug-likeness (QED) is 0.304. The summed E-state index contributed by atoms with van der Waals surface area (Å²) >= 11 is 1.22. The van der Waals surface area contributed by atoms with Crippen LogP contribution in [0.15, 0.2) is 58.4 Å². The number of sulfonamides is 1. The first-order valence-electron chi connectivity index (χ1n) is 12.5. The second kappa shape index (κ2) is 10.8. The Bertz CT molecular complexity index is 1500. The summed E-state index contributed by atoms with van der Waals surface area (Å²) in [5, 5.41) is 4.06. The van der Waals surface area contributed by atoms with E-state index in [9.17, 15) is 22.0 Å². The van der Waals surface area contributed by atoms with Gasteiger partial charge in [-0.15, -0.1) is 11.8 Å². The maximum atomic E-state index is 13.8. The van der Waals surface area contributed by atoms with E-state index in [2.05, 4.69) is 12.0 Å². The van der Waals surface area contributed by atoms with E-state index in [-0.39, 0.29) is 35.0 Å². The van der Waals surface area contributed by atoms with Gasteiger partial charge < -0.3 is 15.4 Å². The monoisotopic (exact) mass is 577 g/mol. The SMILES string of the molecule is CC1(COc2c(N3CCN(S(=O)(=O)CSc4ccc(N)cc4)CC3)cnn(-c3cc(F)cc(F)c3)c2=O)CC1. The van der Waals surface area contributed by atoms with E-state index >= 15 is 0 Å². The number of anilines is 2. The molecule has 1 aromatic heterocycles. The highest BCUT2D eigenvalue weighted by Gasteiger charge is 2.39. The molecule has 0 amide bonds. The van der Waals surface area contributed by atoms with Crippen molar-refractivity contribution in [3.8, 4) is 11.4 Å². The lowest BCUT2D eigenvalue weighted by molar-refractivity contribution is 0.242. The molecule has 2 aliphatic rings. The zero-order chi connectivity index (χ0) is 27.8. The highest BCUT2D eigenvalue weighted by molar-refractivity contribution is 8.11. The zero-order valence-electron chi connectivity index (χ0n) is 21.3. The first-order valence-corrected chi connectivity index (χ1v) is 15.1. The van der Waals surface area contributed by atoms with E-state index in [1.165, 1.54) is 22.3 Å². The number of benzene rings is 2. The Balaban J connectivity index is 1.33. The molecule has 0 spiro atoms. The molecule has 1 saturated heterocycles. The summed E-state index contributed by atoms with van der Waals surface area (Å²) in [5.41, 5.74) is 6.00. The third-order valence-corrected chi connectivity index (χ3v) is 10.3. The van der Waals surface area contributed by atoms with Crippen molar-refractivity contribution in [2.45, 2.75) is 24.7 Å². The summed E-state index contributed by atoms with van der Waals surface area (Å²) < 4.78 is 62.0. The largest absolute Gasteiger partial charge is 0.486 e. The van der Waals surface area contributed by atoms with Crippen LogP contribution in [0.4, 0.5) is 20.2 Å². The number of aromatic nitrogens is 2. The molecule has 208 valence electrons. The molecule has 1 aliphatic heterocycles. The number of halogens is 2. The third kappa shape index (κ3) is 6.36. The van der Waals surface area contributed by atoms with Gasteiger partial charge in [0, 0.05) is 48.2 Å². The molecule has 13 heteroatoms. The van der Waals surface area contributed by atoms with Crippen molar-refractivity contribution in [1.29, 1.82) is 0 Å². The maximum Gasteiger partial charge on any atom is 0.316 e. The molecule has 9 nitrogen and oxygen atoms in total. The van der Waals surface area contributed by atoms with Crippen LogP contribution >= 0.6 is 11.8 Å². The Morgan fingerprint density at radius 2 is 1.69 bits per heavy atom. The lowest BCUT2D eigenvalue weighted by Gasteiger charge is -2.35.